The zero-order valence-corrected chi connectivity index (χ0v) is 23.2. The number of hydrogen-bond acceptors (Lipinski definition) is 6. The molecule has 3 aliphatic heterocycles. The van der Waals surface area contributed by atoms with Crippen LogP contribution in [0.15, 0.2) is 18.2 Å². The molecule has 4 unspecified atom stereocenters. The van der Waals surface area contributed by atoms with Crippen LogP contribution < -0.4 is 5.32 Å². The van der Waals surface area contributed by atoms with Gasteiger partial charge in [0.2, 0.25) is 11.8 Å². The van der Waals surface area contributed by atoms with Gasteiger partial charge in [0.1, 0.15) is 12.6 Å². The van der Waals surface area contributed by atoms with E-state index in [1.54, 1.807) is 29.0 Å². The number of piperidine rings is 1. The smallest absolute Gasteiger partial charge is 0.242 e. The molecule has 1 aromatic rings. The second-order valence-electron chi connectivity index (χ2n) is 11.7. The molecule has 1 saturated carbocycles. The number of halogens is 1. The lowest BCUT2D eigenvalue weighted by Crippen LogP contribution is -2.60. The van der Waals surface area contributed by atoms with Crippen LogP contribution in [0, 0.1) is 35.0 Å². The van der Waals surface area contributed by atoms with Crippen LogP contribution in [0.3, 0.4) is 0 Å². The third-order valence-electron chi connectivity index (χ3n) is 9.23. The molecule has 0 bridgehead atoms. The summed E-state index contributed by atoms with van der Waals surface area (Å²) in [5.41, 5.74) is 1.23. The van der Waals surface area contributed by atoms with E-state index in [-0.39, 0.29) is 30.3 Å². The van der Waals surface area contributed by atoms with Crippen molar-refractivity contribution in [1.82, 2.24) is 20.0 Å². The van der Waals surface area contributed by atoms with E-state index >= 15 is 0 Å². The highest BCUT2D eigenvalue weighted by molar-refractivity contribution is 6.31. The Labute approximate surface area is 231 Å². The molecular formula is C29H40ClN5O3. The number of hydrogen-bond donors (Lipinski definition) is 1. The topological polar surface area (TPSA) is 88.9 Å². The quantitative estimate of drug-likeness (QED) is 0.570. The number of likely N-dealkylation sites (N-methyl/N-ethyl adjacent to an activating group) is 1. The van der Waals surface area contributed by atoms with Gasteiger partial charge in [-0.25, -0.2) is 0 Å². The molecule has 9 heteroatoms. The number of carbonyl (C=O) groups excluding carboxylic acids is 2. The maximum absolute atomic E-state index is 13.5. The lowest BCUT2D eigenvalue weighted by molar-refractivity contribution is -0.148. The van der Waals surface area contributed by atoms with E-state index in [0.29, 0.717) is 41.6 Å². The summed E-state index contributed by atoms with van der Waals surface area (Å²) in [7, 11) is 1.73. The van der Waals surface area contributed by atoms with Crippen LogP contribution in [0.4, 0.5) is 0 Å². The monoisotopic (exact) mass is 541 g/mol. The fraction of sp³-hybridized carbons (Fsp3) is 0.690. The molecule has 0 spiro atoms. The van der Waals surface area contributed by atoms with Gasteiger partial charge in [-0.05, 0) is 87.1 Å². The maximum atomic E-state index is 13.5. The second-order valence-corrected chi connectivity index (χ2v) is 12.1. The number of benzene rings is 1. The highest BCUT2D eigenvalue weighted by atomic mass is 35.5. The molecule has 38 heavy (non-hydrogen) atoms. The molecular weight excluding hydrogens is 502 g/mol. The Hall–Kier alpha value is -2.18. The molecule has 1 aromatic carbocycles. The highest BCUT2D eigenvalue weighted by Crippen LogP contribution is 2.40. The summed E-state index contributed by atoms with van der Waals surface area (Å²) in [5, 5.41) is 13.2. The number of likely N-dealkylation sites (tertiary alicyclic amines) is 1. The van der Waals surface area contributed by atoms with Gasteiger partial charge in [0.15, 0.2) is 0 Å². The number of nitriles is 1. The number of rotatable bonds is 7. The van der Waals surface area contributed by atoms with Gasteiger partial charge in [-0.2, -0.15) is 5.26 Å². The molecule has 8 nitrogen and oxygen atoms in total. The van der Waals surface area contributed by atoms with Gasteiger partial charge in [-0.3, -0.25) is 14.9 Å². The molecule has 3 saturated heterocycles. The lowest BCUT2D eigenvalue weighted by Gasteiger charge is -2.46. The second kappa shape index (κ2) is 12.3. The summed E-state index contributed by atoms with van der Waals surface area (Å²) in [6, 6.07) is 7.51. The normalized spacial score (nSPS) is 28.7. The van der Waals surface area contributed by atoms with Crippen molar-refractivity contribution in [2.24, 2.45) is 23.7 Å². The first kappa shape index (κ1) is 27.4. The first-order valence-corrected chi connectivity index (χ1v) is 14.5. The average molecular weight is 542 g/mol. The minimum atomic E-state index is -0.112. The predicted molar refractivity (Wildman–Crippen MR) is 145 cm³/mol. The van der Waals surface area contributed by atoms with Crippen molar-refractivity contribution in [3.8, 4) is 6.07 Å². The molecule has 0 aromatic heterocycles. The van der Waals surface area contributed by atoms with Gasteiger partial charge in [-0.1, -0.05) is 17.7 Å². The summed E-state index contributed by atoms with van der Waals surface area (Å²) in [4.78, 5) is 32.4. The summed E-state index contributed by atoms with van der Waals surface area (Å²) >= 11 is 6.03. The maximum Gasteiger partial charge on any atom is 0.242 e. The minimum absolute atomic E-state index is 0.0382. The Morgan fingerprint density at radius 1 is 1.21 bits per heavy atom. The fourth-order valence-corrected chi connectivity index (χ4v) is 7.08. The third-order valence-corrected chi connectivity index (χ3v) is 9.56. The van der Waals surface area contributed by atoms with Gasteiger partial charge in [0.05, 0.1) is 29.8 Å². The average Bonchev–Trinajstić information content (AvgIpc) is 3.44. The first-order valence-electron chi connectivity index (χ1n) is 14.2. The standard InChI is InChI=1S/C29H40ClN5O3/c1-33(15-20-2-4-26(30)24(12-20)14-31)28(36)17-35-19-32-27-5-3-23(13-25(27)29(35)37)22-6-9-34(10-7-22)16-21-8-11-38-18-21/h2,4,12,21-23,25,27,32H,3,5-11,13,15-19H2,1H3. The predicted octanol–water partition coefficient (Wildman–Crippen LogP) is 3.09. The van der Waals surface area contributed by atoms with Crippen LogP contribution in [0.1, 0.15) is 49.7 Å². The Morgan fingerprint density at radius 2 is 2.03 bits per heavy atom. The van der Waals surface area contributed by atoms with Crippen LogP contribution >= 0.6 is 11.6 Å². The number of amides is 2. The molecule has 3 heterocycles. The molecule has 0 radical (unpaired) electrons. The van der Waals surface area contributed by atoms with Crippen molar-refractivity contribution in [2.45, 2.75) is 51.1 Å². The number of ether oxygens (including phenoxy) is 1. The van der Waals surface area contributed by atoms with E-state index in [9.17, 15) is 14.9 Å². The van der Waals surface area contributed by atoms with Crippen LogP contribution in [0.5, 0.6) is 0 Å². The molecule has 2 amide bonds. The van der Waals surface area contributed by atoms with Gasteiger partial charge in [0, 0.05) is 32.8 Å². The number of nitrogens with zero attached hydrogens (tertiary/aromatic N) is 4. The van der Waals surface area contributed by atoms with Gasteiger partial charge in [-0.15, -0.1) is 0 Å². The van der Waals surface area contributed by atoms with Crippen molar-refractivity contribution >= 4 is 23.4 Å². The Morgan fingerprint density at radius 3 is 2.76 bits per heavy atom. The molecule has 206 valence electrons. The molecule has 4 atom stereocenters. The van der Waals surface area contributed by atoms with Crippen molar-refractivity contribution in [3.05, 3.63) is 34.3 Å². The van der Waals surface area contributed by atoms with E-state index in [4.69, 9.17) is 16.3 Å². The molecule has 1 aliphatic carbocycles. The zero-order chi connectivity index (χ0) is 26.6. The minimum Gasteiger partial charge on any atom is -0.381 e. The van der Waals surface area contributed by atoms with Crippen LogP contribution in [-0.4, -0.2) is 85.7 Å². The van der Waals surface area contributed by atoms with E-state index in [2.05, 4.69) is 16.3 Å². The van der Waals surface area contributed by atoms with Crippen LogP contribution in [0.2, 0.25) is 5.02 Å². The zero-order valence-electron chi connectivity index (χ0n) is 22.4. The lowest BCUT2D eigenvalue weighted by atomic mass is 9.69. The highest BCUT2D eigenvalue weighted by Gasteiger charge is 2.43. The Kier molecular flexibility index (Phi) is 8.89. The third kappa shape index (κ3) is 6.34. The summed E-state index contributed by atoms with van der Waals surface area (Å²) in [5.74, 6) is 1.96. The number of nitrogens with one attached hydrogen (secondary N) is 1. The summed E-state index contributed by atoms with van der Waals surface area (Å²) in [6.45, 7) is 6.17. The van der Waals surface area contributed by atoms with Gasteiger partial charge in [0.25, 0.3) is 0 Å². The number of fused-ring (bicyclic) bond motifs is 1. The van der Waals surface area contributed by atoms with Crippen molar-refractivity contribution in [2.75, 3.05) is 53.1 Å². The first-order chi connectivity index (χ1) is 18.4. The fourth-order valence-electron chi connectivity index (χ4n) is 6.92. The van der Waals surface area contributed by atoms with E-state index in [0.717, 1.165) is 44.7 Å². The van der Waals surface area contributed by atoms with Gasteiger partial charge < -0.3 is 19.4 Å². The Bertz CT molecular complexity index is 1050. The van der Waals surface area contributed by atoms with Gasteiger partial charge >= 0.3 is 0 Å². The summed E-state index contributed by atoms with van der Waals surface area (Å²) in [6.07, 6.45) is 6.81. The molecule has 5 rings (SSSR count). The van der Waals surface area contributed by atoms with E-state index in [1.807, 2.05) is 6.07 Å². The van der Waals surface area contributed by atoms with Crippen LogP contribution in [-0.2, 0) is 20.9 Å². The van der Waals surface area contributed by atoms with Crippen molar-refractivity contribution in [1.29, 1.82) is 5.26 Å². The van der Waals surface area contributed by atoms with Crippen molar-refractivity contribution in [3.63, 3.8) is 0 Å². The summed E-state index contributed by atoms with van der Waals surface area (Å²) < 4.78 is 5.55. The van der Waals surface area contributed by atoms with Crippen molar-refractivity contribution < 1.29 is 14.3 Å². The largest absolute Gasteiger partial charge is 0.381 e. The number of carbonyl (C=O) groups is 2. The van der Waals surface area contributed by atoms with E-state index in [1.165, 1.54) is 32.2 Å². The van der Waals surface area contributed by atoms with Crippen LogP contribution in [0.25, 0.3) is 0 Å². The molecule has 4 fully saturated rings. The molecule has 1 N–H and O–H groups in total. The SMILES string of the molecule is CN(Cc1ccc(Cl)c(C#N)c1)C(=O)CN1CNC2CCC(C3CCN(CC4CCOC4)CC3)CC2C1=O. The van der Waals surface area contributed by atoms with E-state index < -0.39 is 0 Å². The molecule has 4 aliphatic rings. The Balaban J connectivity index is 1.11.